The van der Waals surface area contributed by atoms with Crippen LogP contribution in [0.25, 0.3) is 10.4 Å². The van der Waals surface area contributed by atoms with Crippen molar-refractivity contribution < 1.29 is 62.1 Å². The Morgan fingerprint density at radius 1 is 0.850 bits per heavy atom. The van der Waals surface area contributed by atoms with Gasteiger partial charge in [-0.15, -0.1) is 5.06 Å². The molecule has 0 unspecified atom stereocenters. The Bertz CT molecular complexity index is 1120. The van der Waals surface area contributed by atoms with E-state index in [0.717, 1.165) is 27.7 Å². The Balaban J connectivity index is 2.38. The molecule has 1 saturated heterocycles. The van der Waals surface area contributed by atoms with Gasteiger partial charge in [0.15, 0.2) is 0 Å². The highest BCUT2D eigenvalue weighted by Gasteiger charge is 2.47. The van der Waals surface area contributed by atoms with Gasteiger partial charge in [0.25, 0.3) is 17.7 Å². The van der Waals surface area contributed by atoms with Crippen LogP contribution in [0.2, 0.25) is 0 Å². The van der Waals surface area contributed by atoms with E-state index in [2.05, 4.69) is 15.3 Å². The van der Waals surface area contributed by atoms with Gasteiger partial charge >= 0.3 is 29.8 Å². The van der Waals surface area contributed by atoms with Crippen LogP contribution in [0, 0.1) is 0 Å². The Morgan fingerprint density at radius 3 is 1.88 bits per heavy atom. The van der Waals surface area contributed by atoms with E-state index in [4.69, 9.17) is 29.3 Å². The number of hydrogen-bond acceptors (Lipinski definition) is 14. The van der Waals surface area contributed by atoms with Gasteiger partial charge in [0.1, 0.15) is 12.2 Å². The summed E-state index contributed by atoms with van der Waals surface area (Å²) in [6.07, 6.45) is -7.64. The number of nitrogens with zero attached hydrogens (tertiary/aromatic N) is 4. The second-order valence-corrected chi connectivity index (χ2v) is 8.71. The maximum atomic E-state index is 13.3. The van der Waals surface area contributed by atoms with Gasteiger partial charge in [-0.2, -0.15) is 0 Å². The largest absolute Gasteiger partial charge is 0.462 e. The van der Waals surface area contributed by atoms with Crippen molar-refractivity contribution >= 4 is 47.6 Å². The molecular formula is C22H27N5O13. The Morgan fingerprint density at radius 2 is 1.38 bits per heavy atom. The number of imide groups is 1. The van der Waals surface area contributed by atoms with E-state index in [1.54, 1.807) is 0 Å². The topological polar surface area (TPSA) is 247 Å². The first-order chi connectivity index (χ1) is 18.7. The molecule has 1 N–H and O–H groups in total. The van der Waals surface area contributed by atoms with Crippen LogP contribution in [0.15, 0.2) is 5.11 Å². The minimum Gasteiger partial charge on any atom is -0.462 e. The van der Waals surface area contributed by atoms with Crippen LogP contribution < -0.4 is 5.32 Å². The Hall–Kier alpha value is -4.73. The highest BCUT2D eigenvalue weighted by atomic mass is 16.7. The lowest BCUT2D eigenvalue weighted by Crippen LogP contribution is -2.59. The first-order valence-corrected chi connectivity index (χ1v) is 11.8. The highest BCUT2D eigenvalue weighted by molar-refractivity contribution is 6.02. The molecule has 0 spiro atoms. The number of ether oxygens (including phenoxy) is 4. The third-order valence-corrected chi connectivity index (χ3v) is 5.54. The molecule has 2 rings (SSSR count). The van der Waals surface area contributed by atoms with E-state index in [0.29, 0.717) is 0 Å². The molecule has 2 fully saturated rings. The van der Waals surface area contributed by atoms with Crippen molar-refractivity contribution in [3.63, 3.8) is 0 Å². The maximum Gasteiger partial charge on any atom is 0.377 e. The molecule has 0 aromatic heterocycles. The van der Waals surface area contributed by atoms with Gasteiger partial charge in [0.05, 0.1) is 12.1 Å². The van der Waals surface area contributed by atoms with Crippen molar-refractivity contribution in [2.75, 3.05) is 0 Å². The predicted octanol–water partition coefficient (Wildman–Crippen LogP) is -0.722. The van der Waals surface area contributed by atoms with Crippen LogP contribution in [-0.4, -0.2) is 89.1 Å². The van der Waals surface area contributed by atoms with E-state index in [1.807, 2.05) is 0 Å². The van der Waals surface area contributed by atoms with Crippen LogP contribution in [0.3, 0.4) is 0 Å². The first kappa shape index (κ1) is 31.5. The van der Waals surface area contributed by atoms with Gasteiger partial charge in [0, 0.05) is 51.9 Å². The van der Waals surface area contributed by atoms with E-state index >= 15 is 0 Å². The summed E-state index contributed by atoms with van der Waals surface area (Å²) < 4.78 is 20.2. The third-order valence-electron chi connectivity index (χ3n) is 5.54. The molecule has 6 atom stereocenters. The van der Waals surface area contributed by atoms with Gasteiger partial charge in [-0.05, 0) is 12.0 Å². The molecule has 40 heavy (non-hydrogen) atoms. The monoisotopic (exact) mass is 569 g/mol. The van der Waals surface area contributed by atoms with Crippen LogP contribution in [0.1, 0.15) is 53.4 Å². The van der Waals surface area contributed by atoms with Crippen molar-refractivity contribution in [1.82, 2.24) is 10.4 Å². The predicted molar refractivity (Wildman–Crippen MR) is 123 cm³/mol. The van der Waals surface area contributed by atoms with Crippen LogP contribution in [0.5, 0.6) is 0 Å². The zero-order chi connectivity index (χ0) is 30.1. The SMILES string of the molecule is CC(=O)O[C@@H]1C[C@@H](NC(=O)[C@H](OC(C)=O)[C@@H](OC(C)=O)C(=O)ON2C(=O)CCC2=O)[C@H](OC(C)=O)C[C@H]1N=[N+]=[N-]. The molecule has 2 aliphatic rings. The van der Waals surface area contributed by atoms with E-state index in [-0.39, 0.29) is 30.7 Å². The average molecular weight is 569 g/mol. The Labute approximate surface area is 226 Å². The van der Waals surface area contributed by atoms with E-state index < -0.39 is 84.1 Å². The molecular weight excluding hydrogens is 542 g/mol. The van der Waals surface area contributed by atoms with Crippen molar-refractivity contribution in [1.29, 1.82) is 0 Å². The summed E-state index contributed by atoms with van der Waals surface area (Å²) in [4.78, 5) is 104. The van der Waals surface area contributed by atoms with Crippen molar-refractivity contribution in [3.05, 3.63) is 10.4 Å². The number of hydroxylamine groups is 2. The number of azide groups is 1. The maximum absolute atomic E-state index is 13.3. The molecule has 0 aromatic carbocycles. The number of esters is 4. The molecule has 0 bridgehead atoms. The van der Waals surface area contributed by atoms with Gasteiger partial charge in [-0.3, -0.25) is 33.6 Å². The summed E-state index contributed by atoms with van der Waals surface area (Å²) in [5.74, 6) is -8.29. The quantitative estimate of drug-likeness (QED) is 0.0852. The zero-order valence-corrected chi connectivity index (χ0v) is 21.9. The van der Waals surface area contributed by atoms with E-state index in [9.17, 15) is 38.4 Å². The fourth-order valence-electron chi connectivity index (χ4n) is 4.04. The molecule has 1 aliphatic heterocycles. The van der Waals surface area contributed by atoms with Crippen LogP contribution in [-0.2, 0) is 62.1 Å². The van der Waals surface area contributed by atoms with Crippen molar-refractivity contribution in [2.45, 2.75) is 89.9 Å². The number of hydrogen-bond donors (Lipinski definition) is 1. The number of carbonyl (C=O) groups excluding carboxylic acids is 8. The molecule has 1 aliphatic carbocycles. The smallest absolute Gasteiger partial charge is 0.377 e. The van der Waals surface area contributed by atoms with Gasteiger partial charge in [0.2, 0.25) is 12.2 Å². The van der Waals surface area contributed by atoms with Crippen LogP contribution in [0.4, 0.5) is 0 Å². The number of carbonyl (C=O) groups is 8. The summed E-state index contributed by atoms with van der Waals surface area (Å²) in [7, 11) is 0. The van der Waals surface area contributed by atoms with Gasteiger partial charge in [-0.25, -0.2) is 4.79 Å². The van der Waals surface area contributed by atoms with Gasteiger partial charge in [-0.1, -0.05) is 5.11 Å². The molecule has 18 nitrogen and oxygen atoms in total. The number of nitrogens with one attached hydrogen (secondary N) is 1. The molecule has 18 heteroatoms. The lowest BCUT2D eigenvalue weighted by atomic mass is 9.86. The van der Waals surface area contributed by atoms with Crippen LogP contribution >= 0.6 is 0 Å². The minimum absolute atomic E-state index is 0.138. The minimum atomic E-state index is -2.28. The summed E-state index contributed by atoms with van der Waals surface area (Å²) in [5, 5.41) is 6.10. The summed E-state index contributed by atoms with van der Waals surface area (Å²) >= 11 is 0. The molecule has 3 amide bonds. The second-order valence-electron chi connectivity index (χ2n) is 8.71. The first-order valence-electron chi connectivity index (χ1n) is 11.8. The molecule has 1 saturated carbocycles. The molecule has 218 valence electrons. The second kappa shape index (κ2) is 13.9. The summed E-state index contributed by atoms with van der Waals surface area (Å²) in [6.45, 7) is 3.93. The van der Waals surface area contributed by atoms with Gasteiger partial charge < -0.3 is 29.1 Å². The number of amides is 3. The number of rotatable bonds is 10. The van der Waals surface area contributed by atoms with Crippen molar-refractivity contribution in [2.24, 2.45) is 5.11 Å². The Kier molecular flexibility index (Phi) is 10.9. The summed E-state index contributed by atoms with van der Waals surface area (Å²) in [6, 6.07) is -2.13. The fraction of sp³-hybridized carbons (Fsp3) is 0.636. The average Bonchev–Trinajstić information content (AvgIpc) is 3.14. The highest BCUT2D eigenvalue weighted by Crippen LogP contribution is 2.28. The normalized spacial score (nSPS) is 23.6. The third kappa shape index (κ3) is 8.65. The van der Waals surface area contributed by atoms with E-state index in [1.165, 1.54) is 0 Å². The zero-order valence-electron chi connectivity index (χ0n) is 21.9. The lowest BCUT2D eigenvalue weighted by molar-refractivity contribution is -0.211. The lowest BCUT2D eigenvalue weighted by Gasteiger charge is -2.39. The van der Waals surface area contributed by atoms with Crippen molar-refractivity contribution in [3.8, 4) is 0 Å². The standard InChI is InChI=1S/C22H27N5O13/c1-9(28)36-15-8-14(25-26-23)16(37-10(2)29)7-13(15)24-21(34)19(38-11(3)30)20(39-12(4)31)22(35)40-27-17(32)5-6-18(27)33/h13-16,19-20H,5-8H2,1-4H3,(H,24,34)/t13-,14-,15-,16-,19-,20-/m1/s1. The molecule has 1 heterocycles. The summed E-state index contributed by atoms with van der Waals surface area (Å²) in [5.41, 5.74) is 8.89. The fourth-order valence-corrected chi connectivity index (χ4v) is 4.04. The molecule has 0 radical (unpaired) electrons. The molecule has 0 aromatic rings.